The average Bonchev–Trinajstić information content (AvgIpc) is 3.17. The van der Waals surface area contributed by atoms with Crippen molar-refractivity contribution in [3.63, 3.8) is 0 Å². The molecule has 0 unspecified atom stereocenters. The topological polar surface area (TPSA) is 74.4 Å². The van der Waals surface area contributed by atoms with Crippen molar-refractivity contribution in [2.75, 3.05) is 26.3 Å². The van der Waals surface area contributed by atoms with Crippen LogP contribution in [-0.4, -0.2) is 54.0 Å². The fourth-order valence-corrected chi connectivity index (χ4v) is 4.38. The molecule has 2 heterocycles. The number of benzene rings is 1. The normalized spacial score (nSPS) is 19.5. The Morgan fingerprint density at radius 1 is 1.14 bits per heavy atom. The van der Waals surface area contributed by atoms with Gasteiger partial charge in [0.25, 0.3) is 0 Å². The van der Waals surface area contributed by atoms with Gasteiger partial charge < -0.3 is 19.9 Å². The fourth-order valence-electron chi connectivity index (χ4n) is 4.38. The lowest BCUT2D eigenvalue weighted by Crippen LogP contribution is -2.53. The molecule has 2 aromatic rings. The molecule has 2 N–H and O–H groups in total. The number of para-hydroxylation sites is 1. The Bertz CT molecular complexity index is 819. The number of fused-ring (bicyclic) bond motifs is 1. The largest absolute Gasteiger partial charge is 0.378 e. The van der Waals surface area contributed by atoms with E-state index in [-0.39, 0.29) is 17.7 Å². The third-order valence-corrected chi connectivity index (χ3v) is 6.01. The Balaban J connectivity index is 1.53. The second-order valence-electron chi connectivity index (χ2n) is 7.90. The molecule has 2 aliphatic rings. The van der Waals surface area contributed by atoms with E-state index in [2.05, 4.69) is 16.4 Å². The van der Waals surface area contributed by atoms with Crippen LogP contribution in [-0.2, 0) is 20.7 Å². The molecule has 2 fully saturated rings. The van der Waals surface area contributed by atoms with Crippen molar-refractivity contribution in [3.05, 3.63) is 36.0 Å². The Kier molecular flexibility index (Phi) is 5.95. The predicted molar refractivity (Wildman–Crippen MR) is 108 cm³/mol. The first-order chi connectivity index (χ1) is 13.7. The van der Waals surface area contributed by atoms with E-state index in [9.17, 15) is 9.59 Å². The highest BCUT2D eigenvalue weighted by Gasteiger charge is 2.30. The minimum Gasteiger partial charge on any atom is -0.378 e. The number of hydrogen-bond donors (Lipinski definition) is 2. The third kappa shape index (κ3) is 4.22. The van der Waals surface area contributed by atoms with E-state index in [1.54, 1.807) is 0 Å². The number of carbonyl (C=O) groups excluding carboxylic acids is 2. The molecular weight excluding hydrogens is 354 g/mol. The Morgan fingerprint density at radius 3 is 2.68 bits per heavy atom. The number of carbonyl (C=O) groups is 2. The molecule has 6 heteroatoms. The van der Waals surface area contributed by atoms with Crippen LogP contribution in [0.5, 0.6) is 0 Å². The van der Waals surface area contributed by atoms with E-state index in [0.717, 1.165) is 42.1 Å². The minimum atomic E-state index is -0.535. The van der Waals surface area contributed by atoms with Crippen LogP contribution < -0.4 is 5.32 Å². The molecule has 4 rings (SSSR count). The van der Waals surface area contributed by atoms with E-state index in [1.807, 2.05) is 29.3 Å². The summed E-state index contributed by atoms with van der Waals surface area (Å²) in [6.45, 7) is 2.29. The van der Waals surface area contributed by atoms with Gasteiger partial charge in [-0.25, -0.2) is 0 Å². The summed E-state index contributed by atoms with van der Waals surface area (Å²) < 4.78 is 5.38. The summed E-state index contributed by atoms with van der Waals surface area (Å²) in [5, 5.41) is 4.21. The summed E-state index contributed by atoms with van der Waals surface area (Å²) in [4.78, 5) is 31.2. The van der Waals surface area contributed by atoms with Crippen LogP contribution in [0.15, 0.2) is 30.5 Å². The monoisotopic (exact) mass is 383 g/mol. The molecular formula is C22H29N3O3. The lowest BCUT2D eigenvalue weighted by Gasteiger charge is -2.32. The van der Waals surface area contributed by atoms with Crippen LogP contribution in [0.1, 0.15) is 37.7 Å². The number of H-pyrrole nitrogens is 1. The molecule has 0 radical (unpaired) electrons. The Labute approximate surface area is 165 Å². The lowest BCUT2D eigenvalue weighted by atomic mass is 9.88. The van der Waals surface area contributed by atoms with Crippen LogP contribution in [0, 0.1) is 5.92 Å². The third-order valence-electron chi connectivity index (χ3n) is 6.01. The zero-order chi connectivity index (χ0) is 19.3. The molecule has 1 aromatic heterocycles. The molecule has 1 aliphatic carbocycles. The van der Waals surface area contributed by atoms with Crippen molar-refractivity contribution < 1.29 is 14.3 Å². The summed E-state index contributed by atoms with van der Waals surface area (Å²) in [5.74, 6) is 0.0700. The van der Waals surface area contributed by atoms with Gasteiger partial charge in [-0.15, -0.1) is 0 Å². The fraction of sp³-hybridized carbons (Fsp3) is 0.545. The summed E-state index contributed by atoms with van der Waals surface area (Å²) in [5.41, 5.74) is 2.11. The first-order valence-corrected chi connectivity index (χ1v) is 10.4. The van der Waals surface area contributed by atoms with Crippen molar-refractivity contribution >= 4 is 22.7 Å². The van der Waals surface area contributed by atoms with Crippen molar-refractivity contribution in [2.45, 2.75) is 44.6 Å². The van der Waals surface area contributed by atoms with Gasteiger partial charge in [0.05, 0.1) is 13.2 Å². The number of morpholine rings is 1. The molecule has 0 bridgehead atoms. The minimum absolute atomic E-state index is 0.00209. The number of nitrogens with zero attached hydrogens (tertiary/aromatic N) is 1. The molecule has 1 aliphatic heterocycles. The smallest absolute Gasteiger partial charge is 0.245 e. The van der Waals surface area contributed by atoms with E-state index in [1.165, 1.54) is 6.42 Å². The maximum atomic E-state index is 13.2. The SMILES string of the molecule is O=C(N[C@@H](Cc1c[nH]c2ccccc12)C(=O)N1CCOCC1)C1CCCCC1. The molecule has 1 saturated heterocycles. The number of nitrogens with one attached hydrogen (secondary N) is 2. The van der Waals surface area contributed by atoms with Crippen molar-refractivity contribution in [1.29, 1.82) is 0 Å². The number of amides is 2. The summed E-state index contributed by atoms with van der Waals surface area (Å²) in [7, 11) is 0. The number of aromatic amines is 1. The van der Waals surface area contributed by atoms with E-state index in [0.29, 0.717) is 32.7 Å². The van der Waals surface area contributed by atoms with Gasteiger partial charge in [-0.2, -0.15) is 0 Å². The van der Waals surface area contributed by atoms with Crippen LogP contribution in [0.2, 0.25) is 0 Å². The van der Waals surface area contributed by atoms with Crippen LogP contribution in [0.4, 0.5) is 0 Å². The van der Waals surface area contributed by atoms with Gasteiger partial charge in [0.2, 0.25) is 11.8 Å². The van der Waals surface area contributed by atoms with Gasteiger partial charge in [0.1, 0.15) is 6.04 Å². The van der Waals surface area contributed by atoms with Gasteiger partial charge in [0.15, 0.2) is 0 Å². The van der Waals surface area contributed by atoms with Gasteiger partial charge in [-0.1, -0.05) is 37.5 Å². The quantitative estimate of drug-likeness (QED) is 0.834. The Morgan fingerprint density at radius 2 is 1.89 bits per heavy atom. The zero-order valence-corrected chi connectivity index (χ0v) is 16.3. The summed E-state index contributed by atoms with van der Waals surface area (Å²) in [6.07, 6.45) is 7.71. The highest BCUT2D eigenvalue weighted by molar-refractivity contribution is 5.90. The zero-order valence-electron chi connectivity index (χ0n) is 16.3. The maximum Gasteiger partial charge on any atom is 0.245 e. The van der Waals surface area contributed by atoms with Gasteiger partial charge in [-0.05, 0) is 24.5 Å². The van der Waals surface area contributed by atoms with Gasteiger partial charge >= 0.3 is 0 Å². The first kappa shape index (κ1) is 19.0. The molecule has 1 aromatic carbocycles. The number of hydrogen-bond acceptors (Lipinski definition) is 3. The van der Waals surface area contributed by atoms with E-state index >= 15 is 0 Å². The second-order valence-corrected chi connectivity index (χ2v) is 7.90. The summed E-state index contributed by atoms with van der Waals surface area (Å²) in [6, 6.07) is 7.54. The van der Waals surface area contributed by atoms with Crippen molar-refractivity contribution in [1.82, 2.24) is 15.2 Å². The Hall–Kier alpha value is -2.34. The second kappa shape index (κ2) is 8.78. The van der Waals surface area contributed by atoms with Crippen LogP contribution >= 0.6 is 0 Å². The van der Waals surface area contributed by atoms with Gasteiger partial charge in [0, 0.05) is 42.5 Å². The molecule has 1 atom stereocenters. The molecule has 28 heavy (non-hydrogen) atoms. The number of aromatic nitrogens is 1. The molecule has 6 nitrogen and oxygen atoms in total. The van der Waals surface area contributed by atoms with Crippen molar-refractivity contribution in [3.8, 4) is 0 Å². The molecule has 2 amide bonds. The van der Waals surface area contributed by atoms with E-state index in [4.69, 9.17) is 4.74 Å². The predicted octanol–water partition coefficient (Wildman–Crippen LogP) is 2.63. The summed E-state index contributed by atoms with van der Waals surface area (Å²) >= 11 is 0. The number of rotatable bonds is 5. The highest BCUT2D eigenvalue weighted by atomic mass is 16.5. The highest BCUT2D eigenvalue weighted by Crippen LogP contribution is 2.25. The molecule has 150 valence electrons. The van der Waals surface area contributed by atoms with Crippen LogP contribution in [0.25, 0.3) is 10.9 Å². The van der Waals surface area contributed by atoms with Crippen LogP contribution in [0.3, 0.4) is 0 Å². The molecule has 1 saturated carbocycles. The first-order valence-electron chi connectivity index (χ1n) is 10.4. The number of ether oxygens (including phenoxy) is 1. The van der Waals surface area contributed by atoms with Gasteiger partial charge in [-0.3, -0.25) is 9.59 Å². The molecule has 0 spiro atoms. The van der Waals surface area contributed by atoms with Crippen molar-refractivity contribution in [2.24, 2.45) is 5.92 Å². The average molecular weight is 383 g/mol. The maximum absolute atomic E-state index is 13.2. The van der Waals surface area contributed by atoms with E-state index < -0.39 is 6.04 Å². The lowest BCUT2D eigenvalue weighted by molar-refractivity contribution is -0.140. The standard InChI is InChI=1S/C22H29N3O3/c26-21(16-6-2-1-3-7-16)24-20(22(27)25-10-12-28-13-11-25)14-17-15-23-19-9-5-4-8-18(17)19/h4-5,8-9,15-16,20,23H,1-3,6-7,10-14H2,(H,24,26)/t20-/m0/s1.